The van der Waals surface area contributed by atoms with Gasteiger partial charge in [-0.05, 0) is 36.8 Å². The van der Waals surface area contributed by atoms with E-state index in [1.54, 1.807) is 18.4 Å². The van der Waals surface area contributed by atoms with Crippen LogP contribution in [0.2, 0.25) is 0 Å². The van der Waals surface area contributed by atoms with Crippen molar-refractivity contribution in [2.45, 2.75) is 13.0 Å². The normalized spacial score (nSPS) is 12.0. The number of carbonyl (C=O) groups is 1. The highest BCUT2D eigenvalue weighted by molar-refractivity contribution is 6.04. The molecule has 1 unspecified atom stereocenters. The Balaban J connectivity index is 1.73. The lowest BCUT2D eigenvalue weighted by Crippen LogP contribution is -2.10. The summed E-state index contributed by atoms with van der Waals surface area (Å²) in [6.45, 7) is 1.87. The largest absolute Gasteiger partial charge is 0.463 e. The highest BCUT2D eigenvalue weighted by Crippen LogP contribution is 2.27. The van der Waals surface area contributed by atoms with Crippen LogP contribution in [0.15, 0.2) is 83.5 Å². The van der Waals surface area contributed by atoms with Gasteiger partial charge in [0.15, 0.2) is 5.76 Å². The molecule has 2 heterocycles. The van der Waals surface area contributed by atoms with Crippen LogP contribution in [0.5, 0.6) is 0 Å². The van der Waals surface area contributed by atoms with Gasteiger partial charge in [0.2, 0.25) is 0 Å². The first-order valence-electron chi connectivity index (χ1n) is 8.42. The standard InChI is InChI=1S/C22H17NO3/c1-15(16-8-3-2-4-9-16)26-22(24)18-14-20(21-12-7-13-25-21)23-19-11-6-5-10-17(18)19/h2-15H,1H3. The fourth-order valence-electron chi connectivity index (χ4n) is 2.91. The lowest BCUT2D eigenvalue weighted by atomic mass is 10.1. The maximum atomic E-state index is 12.9. The van der Waals surface area contributed by atoms with Crippen LogP contribution in [-0.4, -0.2) is 11.0 Å². The van der Waals surface area contributed by atoms with E-state index in [1.807, 2.05) is 67.6 Å². The van der Waals surface area contributed by atoms with Crippen LogP contribution >= 0.6 is 0 Å². The molecule has 2 aromatic heterocycles. The van der Waals surface area contributed by atoms with Crippen molar-refractivity contribution < 1.29 is 13.9 Å². The summed E-state index contributed by atoms with van der Waals surface area (Å²) in [5.74, 6) is 0.230. The Morgan fingerprint density at radius 2 is 1.77 bits per heavy atom. The molecule has 1 atom stereocenters. The summed E-state index contributed by atoms with van der Waals surface area (Å²) in [6.07, 6.45) is 1.24. The summed E-state index contributed by atoms with van der Waals surface area (Å²) < 4.78 is 11.1. The van der Waals surface area contributed by atoms with Gasteiger partial charge in [-0.1, -0.05) is 48.5 Å². The highest BCUT2D eigenvalue weighted by Gasteiger charge is 2.19. The molecule has 0 bridgehead atoms. The summed E-state index contributed by atoms with van der Waals surface area (Å²) in [7, 11) is 0. The number of carbonyl (C=O) groups excluding carboxylic acids is 1. The van der Waals surface area contributed by atoms with Crippen molar-refractivity contribution in [2.24, 2.45) is 0 Å². The van der Waals surface area contributed by atoms with Gasteiger partial charge >= 0.3 is 5.97 Å². The summed E-state index contributed by atoms with van der Waals surface area (Å²) >= 11 is 0. The lowest BCUT2D eigenvalue weighted by Gasteiger charge is -2.15. The third-order valence-corrected chi connectivity index (χ3v) is 4.26. The van der Waals surface area contributed by atoms with Gasteiger partial charge in [-0.2, -0.15) is 0 Å². The number of ether oxygens (including phenoxy) is 1. The summed E-state index contributed by atoms with van der Waals surface area (Å²) in [4.78, 5) is 17.5. The fraction of sp³-hybridized carbons (Fsp3) is 0.0909. The van der Waals surface area contributed by atoms with Crippen molar-refractivity contribution >= 4 is 16.9 Å². The van der Waals surface area contributed by atoms with Crippen LogP contribution in [0.1, 0.15) is 28.9 Å². The van der Waals surface area contributed by atoms with Crippen LogP contribution in [-0.2, 0) is 4.74 Å². The minimum atomic E-state index is -0.382. The van der Waals surface area contributed by atoms with Crippen molar-refractivity contribution in [3.8, 4) is 11.5 Å². The molecule has 0 saturated heterocycles. The molecule has 0 amide bonds. The van der Waals surface area contributed by atoms with E-state index in [4.69, 9.17) is 9.15 Å². The van der Waals surface area contributed by atoms with Crippen LogP contribution in [0.4, 0.5) is 0 Å². The number of fused-ring (bicyclic) bond motifs is 1. The molecule has 0 fully saturated rings. The van der Waals surface area contributed by atoms with Gasteiger partial charge in [-0.3, -0.25) is 0 Å². The summed E-state index contributed by atoms with van der Waals surface area (Å²) in [6, 6.07) is 22.5. The van der Waals surface area contributed by atoms with Gasteiger partial charge in [0, 0.05) is 5.39 Å². The minimum Gasteiger partial charge on any atom is -0.463 e. The van der Waals surface area contributed by atoms with E-state index in [2.05, 4.69) is 4.98 Å². The molecule has 0 N–H and O–H groups in total. The van der Waals surface area contributed by atoms with E-state index in [1.165, 1.54) is 0 Å². The van der Waals surface area contributed by atoms with Gasteiger partial charge in [0.25, 0.3) is 0 Å². The predicted octanol–water partition coefficient (Wildman–Crippen LogP) is 5.41. The van der Waals surface area contributed by atoms with Gasteiger partial charge in [-0.25, -0.2) is 9.78 Å². The molecule has 2 aromatic carbocycles. The molecule has 0 aliphatic carbocycles. The van der Waals surface area contributed by atoms with Crippen LogP contribution in [0.25, 0.3) is 22.4 Å². The first-order chi connectivity index (χ1) is 12.7. The third-order valence-electron chi connectivity index (χ3n) is 4.26. The second kappa shape index (κ2) is 6.84. The number of furan rings is 1. The molecule has 0 aliphatic heterocycles. The van der Waals surface area contributed by atoms with E-state index in [0.717, 1.165) is 16.5 Å². The molecule has 4 heteroatoms. The maximum absolute atomic E-state index is 12.9. The number of benzene rings is 2. The lowest BCUT2D eigenvalue weighted by molar-refractivity contribution is 0.0340. The minimum absolute atomic E-state index is 0.345. The Kier molecular flexibility index (Phi) is 4.23. The average molecular weight is 343 g/mol. The molecule has 4 nitrogen and oxygen atoms in total. The monoisotopic (exact) mass is 343 g/mol. The van der Waals surface area contributed by atoms with Crippen molar-refractivity contribution in [1.82, 2.24) is 4.98 Å². The number of rotatable bonds is 4. The van der Waals surface area contributed by atoms with Gasteiger partial charge in [0.05, 0.1) is 17.3 Å². The summed E-state index contributed by atoms with van der Waals surface area (Å²) in [5, 5.41) is 0.757. The third kappa shape index (κ3) is 3.09. The van der Waals surface area contributed by atoms with Gasteiger partial charge < -0.3 is 9.15 Å². The Labute approximate surface area is 151 Å². The number of aromatic nitrogens is 1. The SMILES string of the molecule is CC(OC(=O)c1cc(-c2ccco2)nc2ccccc12)c1ccccc1. The molecule has 0 saturated carbocycles. The van der Waals surface area contributed by atoms with Crippen molar-refractivity contribution in [2.75, 3.05) is 0 Å². The fourth-order valence-corrected chi connectivity index (χ4v) is 2.91. The van der Waals surface area contributed by atoms with Crippen molar-refractivity contribution in [3.63, 3.8) is 0 Å². The van der Waals surface area contributed by atoms with Crippen LogP contribution < -0.4 is 0 Å². The Hall–Kier alpha value is -3.40. The van der Waals surface area contributed by atoms with Gasteiger partial charge in [-0.15, -0.1) is 0 Å². The molecule has 128 valence electrons. The second-order valence-electron chi connectivity index (χ2n) is 6.01. The van der Waals surface area contributed by atoms with E-state index in [0.29, 0.717) is 17.0 Å². The number of hydrogen-bond donors (Lipinski definition) is 0. The molecule has 26 heavy (non-hydrogen) atoms. The summed E-state index contributed by atoms with van der Waals surface area (Å²) in [5.41, 5.74) is 2.75. The van der Waals surface area contributed by atoms with E-state index >= 15 is 0 Å². The Bertz CT molecular complexity index is 1040. The highest BCUT2D eigenvalue weighted by atomic mass is 16.5. The van der Waals surface area contributed by atoms with Crippen LogP contribution in [0.3, 0.4) is 0 Å². The van der Waals surface area contributed by atoms with E-state index in [-0.39, 0.29) is 12.1 Å². The van der Waals surface area contributed by atoms with Crippen molar-refractivity contribution in [3.05, 3.63) is 90.2 Å². The smallest absolute Gasteiger partial charge is 0.339 e. The van der Waals surface area contributed by atoms with Crippen LogP contribution in [0, 0.1) is 0 Å². The second-order valence-corrected chi connectivity index (χ2v) is 6.01. The number of para-hydroxylation sites is 1. The first kappa shape index (κ1) is 16.1. The average Bonchev–Trinajstić information content (AvgIpc) is 3.22. The number of esters is 1. The molecule has 0 aliphatic rings. The van der Waals surface area contributed by atoms with E-state index in [9.17, 15) is 4.79 Å². The Morgan fingerprint density at radius 3 is 2.54 bits per heavy atom. The first-order valence-corrected chi connectivity index (χ1v) is 8.42. The maximum Gasteiger partial charge on any atom is 0.339 e. The molecule has 4 aromatic rings. The molecular weight excluding hydrogens is 326 g/mol. The van der Waals surface area contributed by atoms with Gasteiger partial charge in [0.1, 0.15) is 11.8 Å². The zero-order valence-corrected chi connectivity index (χ0v) is 14.3. The zero-order valence-electron chi connectivity index (χ0n) is 14.3. The van der Waals surface area contributed by atoms with Crippen molar-refractivity contribution in [1.29, 1.82) is 0 Å². The topological polar surface area (TPSA) is 52.3 Å². The molecule has 4 rings (SSSR count). The molecule has 0 radical (unpaired) electrons. The number of hydrogen-bond acceptors (Lipinski definition) is 4. The zero-order chi connectivity index (χ0) is 17.9. The molecular formula is C22H17NO3. The molecule has 0 spiro atoms. The number of nitrogens with zero attached hydrogens (tertiary/aromatic N) is 1. The Morgan fingerprint density at radius 1 is 1.00 bits per heavy atom. The quantitative estimate of drug-likeness (QED) is 0.465. The predicted molar refractivity (Wildman–Crippen MR) is 99.7 cm³/mol. The number of pyridine rings is 1. The van der Waals surface area contributed by atoms with E-state index < -0.39 is 0 Å².